The zero-order valence-electron chi connectivity index (χ0n) is 20.6. The van der Waals surface area contributed by atoms with Gasteiger partial charge in [0.15, 0.2) is 11.6 Å². The number of esters is 1. The number of rotatable bonds is 9. The molecule has 2 aromatic carbocycles. The van der Waals surface area contributed by atoms with Crippen molar-refractivity contribution in [3.05, 3.63) is 64.7 Å². The van der Waals surface area contributed by atoms with E-state index in [-0.39, 0.29) is 18.2 Å². The summed E-state index contributed by atoms with van der Waals surface area (Å²) in [4.78, 5) is 49.6. The van der Waals surface area contributed by atoms with Gasteiger partial charge in [-0.1, -0.05) is 36.4 Å². The van der Waals surface area contributed by atoms with Crippen LogP contribution in [0, 0.1) is 0 Å². The van der Waals surface area contributed by atoms with E-state index in [4.69, 9.17) is 9.47 Å². The number of carbonyl (C=O) groups is 4. The third-order valence-corrected chi connectivity index (χ3v) is 5.42. The second-order valence-electron chi connectivity index (χ2n) is 9.45. The van der Waals surface area contributed by atoms with Crippen molar-refractivity contribution in [3.63, 3.8) is 0 Å². The summed E-state index contributed by atoms with van der Waals surface area (Å²) in [5, 5.41) is 5.73. The number of ether oxygens (including phenoxy) is 2. The first kappa shape index (κ1) is 25.9. The molecule has 0 heterocycles. The molecule has 35 heavy (non-hydrogen) atoms. The maximum absolute atomic E-state index is 13.0. The van der Waals surface area contributed by atoms with Crippen molar-refractivity contribution in [1.29, 1.82) is 0 Å². The summed E-state index contributed by atoms with van der Waals surface area (Å²) in [5.41, 5.74) is 1.69. The molecule has 2 aromatic rings. The Balaban J connectivity index is 1.41. The second-order valence-corrected chi connectivity index (χ2v) is 9.45. The monoisotopic (exact) mass is 480 g/mol. The molecule has 186 valence electrons. The quantitative estimate of drug-likeness (QED) is 0.343. The predicted molar refractivity (Wildman–Crippen MR) is 132 cm³/mol. The molecule has 0 saturated heterocycles. The lowest BCUT2D eigenvalue weighted by Gasteiger charge is -2.21. The van der Waals surface area contributed by atoms with Crippen molar-refractivity contribution >= 4 is 29.3 Å². The second kappa shape index (κ2) is 11.2. The van der Waals surface area contributed by atoms with E-state index in [1.807, 2.05) is 0 Å². The zero-order valence-corrected chi connectivity index (χ0v) is 20.6. The molecular weight excluding hydrogens is 448 g/mol. The summed E-state index contributed by atoms with van der Waals surface area (Å²) in [6.45, 7) is 7.61. The first-order valence-electron chi connectivity index (χ1n) is 11.8. The number of carbonyl (C=O) groups excluding carboxylic acids is 4. The number of alkyl carbamates (subject to hydrolysis) is 1. The third kappa shape index (κ3) is 6.68. The average Bonchev–Trinajstić information content (AvgIpc) is 2.80. The van der Waals surface area contributed by atoms with Crippen LogP contribution in [0.15, 0.2) is 42.5 Å². The molecule has 0 bridgehead atoms. The van der Waals surface area contributed by atoms with E-state index in [9.17, 15) is 19.2 Å². The molecule has 8 nitrogen and oxygen atoms in total. The molecular formula is C27H32N2O6. The zero-order chi connectivity index (χ0) is 25.6. The van der Waals surface area contributed by atoms with Gasteiger partial charge in [0.25, 0.3) is 0 Å². The summed E-state index contributed by atoms with van der Waals surface area (Å²) in [6, 6.07) is 11.3. The summed E-state index contributed by atoms with van der Waals surface area (Å²) < 4.78 is 10.3. The van der Waals surface area contributed by atoms with Crippen LogP contribution in [-0.4, -0.2) is 48.4 Å². The molecule has 0 saturated carbocycles. The highest BCUT2D eigenvalue weighted by Gasteiger charge is 2.31. The molecule has 2 N–H and O–H groups in total. The fraction of sp³-hybridized carbons (Fsp3) is 0.407. The lowest BCUT2D eigenvalue weighted by atomic mass is 9.83. The molecule has 0 spiro atoms. The van der Waals surface area contributed by atoms with Crippen molar-refractivity contribution < 1.29 is 28.7 Å². The van der Waals surface area contributed by atoms with E-state index >= 15 is 0 Å². The van der Waals surface area contributed by atoms with Crippen LogP contribution in [0.5, 0.6) is 0 Å². The van der Waals surface area contributed by atoms with E-state index in [1.165, 1.54) is 0 Å². The van der Waals surface area contributed by atoms with Crippen LogP contribution in [0.1, 0.15) is 78.8 Å². The number of nitrogens with one attached hydrogen (secondary N) is 2. The molecule has 0 fully saturated rings. The Hall–Kier alpha value is -3.68. The average molecular weight is 481 g/mol. The molecule has 0 unspecified atom stereocenters. The summed E-state index contributed by atoms with van der Waals surface area (Å²) >= 11 is 0. The highest BCUT2D eigenvalue weighted by Crippen LogP contribution is 2.31. The maximum atomic E-state index is 13.0. The maximum Gasteiger partial charge on any atom is 0.408 e. The van der Waals surface area contributed by atoms with Crippen LogP contribution in [0.2, 0.25) is 0 Å². The normalized spacial score (nSPS) is 13.4. The molecule has 0 radical (unpaired) electrons. The van der Waals surface area contributed by atoms with Gasteiger partial charge >= 0.3 is 12.1 Å². The Morgan fingerprint density at radius 2 is 1.54 bits per heavy atom. The van der Waals surface area contributed by atoms with E-state index in [1.54, 1.807) is 70.2 Å². The van der Waals surface area contributed by atoms with E-state index < -0.39 is 23.7 Å². The summed E-state index contributed by atoms with van der Waals surface area (Å²) in [5.74, 6) is -0.816. The highest BCUT2D eigenvalue weighted by molar-refractivity contribution is 6.30. The molecule has 3 rings (SSSR count). The summed E-state index contributed by atoms with van der Waals surface area (Å²) in [7, 11) is 0. The van der Waals surface area contributed by atoms with Crippen LogP contribution in [-0.2, 0) is 14.3 Å². The third-order valence-electron chi connectivity index (χ3n) is 5.42. The first-order valence-corrected chi connectivity index (χ1v) is 11.8. The smallest absolute Gasteiger partial charge is 0.408 e. The Labute approximate surface area is 205 Å². The van der Waals surface area contributed by atoms with Gasteiger partial charge in [-0.15, -0.1) is 0 Å². The molecule has 1 aliphatic rings. The number of benzene rings is 2. The Morgan fingerprint density at radius 1 is 0.886 bits per heavy atom. The minimum Gasteiger partial charge on any atom is -0.464 e. The highest BCUT2D eigenvalue weighted by atomic mass is 16.6. The summed E-state index contributed by atoms with van der Waals surface area (Å²) in [6.07, 6.45) is 1.56. The van der Waals surface area contributed by atoms with Crippen LogP contribution in [0.25, 0.3) is 0 Å². The fourth-order valence-corrected chi connectivity index (χ4v) is 3.76. The van der Waals surface area contributed by atoms with E-state index in [2.05, 4.69) is 10.6 Å². The molecule has 1 atom stereocenters. The van der Waals surface area contributed by atoms with Gasteiger partial charge in [-0.3, -0.25) is 9.59 Å². The minimum absolute atomic E-state index is 0.143. The van der Waals surface area contributed by atoms with Gasteiger partial charge in [-0.05, 0) is 53.0 Å². The van der Waals surface area contributed by atoms with Crippen molar-refractivity contribution in [3.8, 4) is 0 Å². The van der Waals surface area contributed by atoms with Gasteiger partial charge in [-0.2, -0.15) is 0 Å². The topological polar surface area (TPSA) is 111 Å². The van der Waals surface area contributed by atoms with Crippen LogP contribution in [0.3, 0.4) is 0 Å². The number of ketones is 2. The Kier molecular flexibility index (Phi) is 8.27. The lowest BCUT2D eigenvalue weighted by molar-refractivity contribution is -0.145. The number of anilines is 1. The van der Waals surface area contributed by atoms with Gasteiger partial charge in [0, 0.05) is 28.9 Å². The van der Waals surface area contributed by atoms with Gasteiger partial charge in [0.05, 0.1) is 12.2 Å². The minimum atomic E-state index is -0.804. The van der Waals surface area contributed by atoms with Gasteiger partial charge in [-0.25, -0.2) is 9.59 Å². The van der Waals surface area contributed by atoms with E-state index in [0.29, 0.717) is 40.9 Å². The van der Waals surface area contributed by atoms with Crippen molar-refractivity contribution in [2.45, 2.75) is 58.6 Å². The molecule has 0 aromatic heterocycles. The SMILES string of the molecule is C[C@H](NC(=O)OC(C)(C)C)C(=O)OCCCCCNc1cccc2c1C(=O)c1ccccc1C2=O. The van der Waals surface area contributed by atoms with Gasteiger partial charge in [0.2, 0.25) is 0 Å². The van der Waals surface area contributed by atoms with Crippen LogP contribution < -0.4 is 10.6 Å². The van der Waals surface area contributed by atoms with Crippen LogP contribution in [0.4, 0.5) is 10.5 Å². The van der Waals surface area contributed by atoms with Gasteiger partial charge < -0.3 is 20.1 Å². The number of unbranched alkanes of at least 4 members (excludes halogenated alkanes) is 2. The number of hydrogen-bond acceptors (Lipinski definition) is 7. The number of fused-ring (bicyclic) bond motifs is 2. The fourth-order valence-electron chi connectivity index (χ4n) is 3.76. The molecule has 8 heteroatoms. The standard InChI is InChI=1S/C27H32N2O6/c1-17(29-26(33)35-27(2,3)4)25(32)34-16-9-5-8-15-28-21-14-10-13-20-22(21)24(31)19-12-7-6-11-18(19)23(20)30/h6-7,10-14,17,28H,5,8-9,15-16H2,1-4H3,(H,29,33)/t17-/m0/s1. The number of amides is 1. The van der Waals surface area contributed by atoms with E-state index in [0.717, 1.165) is 12.8 Å². The lowest BCUT2D eigenvalue weighted by Crippen LogP contribution is -2.42. The first-order chi connectivity index (χ1) is 16.6. The van der Waals surface area contributed by atoms with Gasteiger partial charge in [0.1, 0.15) is 11.6 Å². The molecule has 0 aliphatic heterocycles. The van der Waals surface area contributed by atoms with Crippen molar-refractivity contribution in [2.24, 2.45) is 0 Å². The molecule has 1 amide bonds. The van der Waals surface area contributed by atoms with Crippen molar-refractivity contribution in [2.75, 3.05) is 18.5 Å². The number of hydrogen-bond donors (Lipinski definition) is 2. The Bertz CT molecular complexity index is 1120. The Morgan fingerprint density at radius 3 is 2.23 bits per heavy atom. The van der Waals surface area contributed by atoms with Crippen molar-refractivity contribution in [1.82, 2.24) is 5.32 Å². The largest absolute Gasteiger partial charge is 0.464 e. The predicted octanol–water partition coefficient (Wildman–Crippen LogP) is 4.50. The van der Waals surface area contributed by atoms with Crippen LogP contribution >= 0.6 is 0 Å². The molecule has 1 aliphatic carbocycles.